The Balaban J connectivity index is 1.64. The minimum Gasteiger partial charge on any atom is -0.419 e. The van der Waals surface area contributed by atoms with Crippen LogP contribution < -0.4 is 0 Å². The van der Waals surface area contributed by atoms with Crippen LogP contribution in [0.15, 0.2) is 89.7 Å². The molecule has 7 heteroatoms. The van der Waals surface area contributed by atoms with Gasteiger partial charge in [-0.3, -0.25) is 0 Å². The lowest BCUT2D eigenvalue weighted by Gasteiger charge is -2.29. The highest BCUT2D eigenvalue weighted by molar-refractivity contribution is 8.08. The number of carbonyl (C=O) groups excluding carboxylic acids is 2. The predicted molar refractivity (Wildman–Crippen MR) is 119 cm³/mol. The number of rotatable bonds is 5. The third-order valence-electron chi connectivity index (χ3n) is 4.42. The summed E-state index contributed by atoms with van der Waals surface area (Å²) in [5, 5.41) is 0.683. The quantitative estimate of drug-likeness (QED) is 0.265. The molecule has 1 aliphatic heterocycles. The second-order valence-electron chi connectivity index (χ2n) is 7.23. The van der Waals surface area contributed by atoms with Crippen molar-refractivity contribution in [3.8, 4) is 11.3 Å². The molecule has 1 aliphatic rings. The molecular weight excluding hydrogens is 412 g/mol. The maximum absolute atomic E-state index is 12.2. The smallest absolute Gasteiger partial charge is 0.348 e. The van der Waals surface area contributed by atoms with E-state index in [4.69, 9.17) is 9.47 Å². The number of nitrogens with one attached hydrogen (secondary N) is 1. The van der Waals surface area contributed by atoms with Gasteiger partial charge in [-0.15, -0.1) is 0 Å². The van der Waals surface area contributed by atoms with E-state index in [9.17, 15) is 9.59 Å². The monoisotopic (exact) mass is 432 g/mol. The Labute approximate surface area is 184 Å². The van der Waals surface area contributed by atoms with E-state index in [0.717, 1.165) is 21.7 Å². The molecule has 1 fully saturated rings. The fourth-order valence-electron chi connectivity index (χ4n) is 2.97. The highest BCUT2D eigenvalue weighted by Crippen LogP contribution is 2.34. The summed E-state index contributed by atoms with van der Waals surface area (Å²) in [6.45, 7) is 3.03. The van der Waals surface area contributed by atoms with Crippen LogP contribution in [0.25, 0.3) is 16.2 Å². The molecule has 0 atom stereocenters. The van der Waals surface area contributed by atoms with Crippen LogP contribution in [0, 0.1) is 0 Å². The molecule has 4 rings (SSSR count). The number of hydrogen-bond donors (Lipinski definition) is 1. The van der Waals surface area contributed by atoms with Gasteiger partial charge in [-0.05, 0) is 23.3 Å². The van der Waals surface area contributed by atoms with Gasteiger partial charge in [0.2, 0.25) is 0 Å². The van der Waals surface area contributed by atoms with Gasteiger partial charge < -0.3 is 14.5 Å². The van der Waals surface area contributed by atoms with Gasteiger partial charge in [0.1, 0.15) is 5.57 Å². The van der Waals surface area contributed by atoms with Crippen molar-refractivity contribution in [1.82, 2.24) is 9.97 Å². The number of nitrogens with zero attached hydrogens (tertiary/aromatic N) is 1. The number of hydrogen-bond acceptors (Lipinski definition) is 6. The van der Waals surface area contributed by atoms with E-state index in [1.807, 2.05) is 60.7 Å². The van der Waals surface area contributed by atoms with E-state index in [0.29, 0.717) is 5.16 Å². The zero-order valence-corrected chi connectivity index (χ0v) is 17.8. The van der Waals surface area contributed by atoms with Crippen molar-refractivity contribution in [1.29, 1.82) is 0 Å². The molecule has 1 aromatic heterocycles. The number of cyclic esters (lactones) is 2. The Morgan fingerprint density at radius 1 is 0.968 bits per heavy atom. The van der Waals surface area contributed by atoms with Crippen molar-refractivity contribution >= 4 is 28.6 Å². The summed E-state index contributed by atoms with van der Waals surface area (Å²) in [4.78, 5) is 33.0. The van der Waals surface area contributed by atoms with Crippen LogP contribution in [-0.2, 0) is 19.1 Å². The molecule has 2 heterocycles. The number of H-pyrrole nitrogens is 1. The Kier molecular flexibility index (Phi) is 5.77. The summed E-state index contributed by atoms with van der Waals surface area (Å²) >= 11 is 1.39. The number of carbonyl (C=O) groups is 2. The average Bonchev–Trinajstić information content (AvgIpc) is 3.21. The molecule has 0 saturated carbocycles. The second kappa shape index (κ2) is 8.65. The molecule has 156 valence electrons. The molecular formula is C24H20N2O4S. The van der Waals surface area contributed by atoms with Crippen LogP contribution in [-0.4, -0.2) is 27.7 Å². The largest absolute Gasteiger partial charge is 0.419 e. The Bertz CT molecular complexity index is 1140. The number of allylic oxidation sites excluding steroid dienone is 2. The van der Waals surface area contributed by atoms with Crippen molar-refractivity contribution in [3.63, 3.8) is 0 Å². The highest BCUT2D eigenvalue weighted by atomic mass is 32.2. The third-order valence-corrected chi connectivity index (χ3v) is 5.41. The van der Waals surface area contributed by atoms with Gasteiger partial charge in [0, 0.05) is 18.8 Å². The van der Waals surface area contributed by atoms with Gasteiger partial charge in [0.05, 0.1) is 11.9 Å². The van der Waals surface area contributed by atoms with Crippen LogP contribution in [0.4, 0.5) is 0 Å². The van der Waals surface area contributed by atoms with Crippen molar-refractivity contribution in [2.45, 2.75) is 24.8 Å². The Hall–Kier alpha value is -3.58. The van der Waals surface area contributed by atoms with E-state index < -0.39 is 17.7 Å². The summed E-state index contributed by atoms with van der Waals surface area (Å²) in [7, 11) is 0. The van der Waals surface area contributed by atoms with Crippen LogP contribution >= 0.6 is 11.8 Å². The van der Waals surface area contributed by atoms with E-state index in [1.54, 1.807) is 12.3 Å². The van der Waals surface area contributed by atoms with Crippen molar-refractivity contribution < 1.29 is 19.1 Å². The molecule has 6 nitrogen and oxygen atoms in total. The first-order valence-electron chi connectivity index (χ1n) is 9.64. The lowest BCUT2D eigenvalue weighted by atomic mass is 10.1. The zero-order chi connectivity index (χ0) is 21.8. The van der Waals surface area contributed by atoms with Gasteiger partial charge in [-0.2, -0.15) is 0 Å². The van der Waals surface area contributed by atoms with E-state index in [-0.39, 0.29) is 5.57 Å². The Morgan fingerprint density at radius 2 is 1.58 bits per heavy atom. The average molecular weight is 433 g/mol. The van der Waals surface area contributed by atoms with Gasteiger partial charge >= 0.3 is 11.9 Å². The first-order chi connectivity index (χ1) is 14.9. The topological polar surface area (TPSA) is 81.3 Å². The van der Waals surface area contributed by atoms with Gasteiger partial charge in [-0.25, -0.2) is 14.6 Å². The van der Waals surface area contributed by atoms with Crippen molar-refractivity contribution in [3.05, 3.63) is 90.1 Å². The molecule has 31 heavy (non-hydrogen) atoms. The normalized spacial score (nSPS) is 15.9. The molecule has 0 radical (unpaired) electrons. The molecule has 1 saturated heterocycles. The molecule has 0 bridgehead atoms. The fraction of sp³-hybridized carbons (Fsp3) is 0.125. The van der Waals surface area contributed by atoms with E-state index in [1.165, 1.54) is 31.7 Å². The number of imidazole rings is 1. The van der Waals surface area contributed by atoms with E-state index >= 15 is 0 Å². The minimum absolute atomic E-state index is 0.155. The van der Waals surface area contributed by atoms with Crippen molar-refractivity contribution in [2.75, 3.05) is 0 Å². The summed E-state index contributed by atoms with van der Waals surface area (Å²) in [5.74, 6) is -2.69. The van der Waals surface area contributed by atoms with Gasteiger partial charge in [-0.1, -0.05) is 72.4 Å². The predicted octanol–water partition coefficient (Wildman–Crippen LogP) is 4.97. The first kappa shape index (κ1) is 20.7. The SMILES string of the molecule is CC1(C)OC(=O)C(=CC=C(Sc2ncc(-c3ccccc3)[nH]2)c2ccccc2)C(=O)O1. The summed E-state index contributed by atoms with van der Waals surface area (Å²) in [5.41, 5.74) is 2.69. The number of aromatic amines is 1. The van der Waals surface area contributed by atoms with Gasteiger partial charge in [0.25, 0.3) is 5.79 Å². The highest BCUT2D eigenvalue weighted by Gasteiger charge is 2.38. The number of thioether (sulfide) groups is 1. The summed E-state index contributed by atoms with van der Waals surface area (Å²) in [6.07, 6.45) is 4.90. The zero-order valence-electron chi connectivity index (χ0n) is 17.0. The summed E-state index contributed by atoms with van der Waals surface area (Å²) in [6, 6.07) is 19.5. The van der Waals surface area contributed by atoms with Gasteiger partial charge in [0.15, 0.2) is 5.16 Å². The maximum atomic E-state index is 12.2. The molecule has 3 aromatic rings. The molecule has 0 amide bonds. The molecule has 2 aromatic carbocycles. The standard InChI is InChI=1S/C24H20N2O4S/c1-24(2)29-21(27)18(22(28)30-24)13-14-20(17-11-7-4-8-12-17)31-23-25-15-19(26-23)16-9-5-3-6-10-16/h3-15H,1-2H3,(H,25,26). The third kappa shape index (κ3) is 4.95. The lowest BCUT2D eigenvalue weighted by Crippen LogP contribution is -2.41. The number of ether oxygens (including phenoxy) is 2. The molecule has 1 N–H and O–H groups in total. The molecule has 0 spiro atoms. The molecule has 0 unspecified atom stereocenters. The first-order valence-corrected chi connectivity index (χ1v) is 10.5. The van der Waals surface area contributed by atoms with Crippen LogP contribution in [0.3, 0.4) is 0 Å². The minimum atomic E-state index is -1.27. The fourth-order valence-corrected chi connectivity index (χ4v) is 3.84. The van der Waals surface area contributed by atoms with Crippen LogP contribution in [0.5, 0.6) is 0 Å². The number of aromatic nitrogens is 2. The number of esters is 2. The van der Waals surface area contributed by atoms with Crippen LogP contribution in [0.2, 0.25) is 0 Å². The molecule has 0 aliphatic carbocycles. The second-order valence-corrected chi connectivity index (χ2v) is 8.26. The lowest BCUT2D eigenvalue weighted by molar-refractivity contribution is -0.222. The maximum Gasteiger partial charge on any atom is 0.348 e. The van der Waals surface area contributed by atoms with E-state index in [2.05, 4.69) is 9.97 Å². The Morgan fingerprint density at radius 3 is 2.23 bits per heavy atom. The number of benzene rings is 2. The van der Waals surface area contributed by atoms with Crippen molar-refractivity contribution in [2.24, 2.45) is 0 Å². The summed E-state index contributed by atoms with van der Waals surface area (Å²) < 4.78 is 10.3. The van der Waals surface area contributed by atoms with Crippen LogP contribution in [0.1, 0.15) is 19.4 Å².